The number of unbranched alkanes of at least 4 members (excludes halogenated alkanes) is 13. The van der Waals surface area contributed by atoms with Crippen molar-refractivity contribution in [1.29, 1.82) is 0 Å². The van der Waals surface area contributed by atoms with Gasteiger partial charge in [0.25, 0.3) is 0 Å². The van der Waals surface area contributed by atoms with Crippen LogP contribution in [0.3, 0.4) is 0 Å². The largest absolute Gasteiger partial charge is 0.316 e. The molecule has 0 saturated heterocycles. The maximum Gasteiger partial charge on any atom is 0.0636 e. The molecular formula is C21H48N4. The second-order valence-electron chi connectivity index (χ2n) is 8.14. The first kappa shape index (κ1) is 24.8. The van der Waals surface area contributed by atoms with Gasteiger partial charge >= 0.3 is 0 Å². The minimum absolute atomic E-state index is 0.151. The van der Waals surface area contributed by atoms with Crippen LogP contribution in [0.4, 0.5) is 0 Å². The lowest BCUT2D eigenvalue weighted by atomic mass is 9.95. The van der Waals surface area contributed by atoms with Crippen molar-refractivity contribution in [2.24, 2.45) is 22.9 Å². The average Bonchev–Trinajstić information content (AvgIpc) is 2.55. The summed E-state index contributed by atoms with van der Waals surface area (Å²) < 4.78 is 0. The summed E-state index contributed by atoms with van der Waals surface area (Å²) in [7, 11) is 0. The molecule has 0 saturated carbocycles. The summed E-state index contributed by atoms with van der Waals surface area (Å²) in [4.78, 5) is 0. The molecular weight excluding hydrogens is 308 g/mol. The number of rotatable bonds is 19. The fourth-order valence-electron chi connectivity index (χ4n) is 3.43. The monoisotopic (exact) mass is 356 g/mol. The Morgan fingerprint density at radius 2 is 0.920 bits per heavy atom. The zero-order chi connectivity index (χ0) is 18.8. The van der Waals surface area contributed by atoms with Gasteiger partial charge in [0.1, 0.15) is 0 Å². The molecule has 25 heavy (non-hydrogen) atoms. The van der Waals surface area contributed by atoms with E-state index in [9.17, 15) is 0 Å². The van der Waals surface area contributed by atoms with Crippen molar-refractivity contribution in [3.05, 3.63) is 0 Å². The molecule has 0 fully saturated rings. The van der Waals surface area contributed by atoms with E-state index in [-0.39, 0.29) is 6.17 Å². The van der Waals surface area contributed by atoms with E-state index in [0.717, 1.165) is 32.1 Å². The van der Waals surface area contributed by atoms with E-state index in [1.807, 2.05) is 0 Å². The van der Waals surface area contributed by atoms with E-state index in [0.29, 0.717) is 0 Å². The van der Waals surface area contributed by atoms with Gasteiger partial charge < -0.3 is 22.9 Å². The Hall–Kier alpha value is -0.160. The highest BCUT2D eigenvalue weighted by atomic mass is 14.9. The third-order valence-electron chi connectivity index (χ3n) is 5.18. The number of hydrogen-bond donors (Lipinski definition) is 4. The van der Waals surface area contributed by atoms with Crippen molar-refractivity contribution in [2.75, 3.05) is 0 Å². The summed E-state index contributed by atoms with van der Waals surface area (Å²) >= 11 is 0. The van der Waals surface area contributed by atoms with Crippen LogP contribution >= 0.6 is 0 Å². The maximum absolute atomic E-state index is 6.25. The second-order valence-corrected chi connectivity index (χ2v) is 8.14. The summed E-state index contributed by atoms with van der Waals surface area (Å²) in [5, 5.41) is 0. The van der Waals surface area contributed by atoms with Crippen molar-refractivity contribution in [1.82, 2.24) is 0 Å². The Morgan fingerprint density at radius 1 is 0.560 bits per heavy atom. The van der Waals surface area contributed by atoms with E-state index < -0.39 is 5.66 Å². The number of nitrogens with two attached hydrogens (primary N) is 4. The van der Waals surface area contributed by atoms with Gasteiger partial charge in [-0.3, -0.25) is 0 Å². The van der Waals surface area contributed by atoms with Crippen LogP contribution in [-0.4, -0.2) is 11.8 Å². The van der Waals surface area contributed by atoms with Crippen molar-refractivity contribution < 1.29 is 0 Å². The van der Waals surface area contributed by atoms with Crippen LogP contribution in [0.2, 0.25) is 0 Å². The Labute approximate surface area is 157 Å². The van der Waals surface area contributed by atoms with Gasteiger partial charge in [0, 0.05) is 0 Å². The lowest BCUT2D eigenvalue weighted by molar-refractivity contribution is 0.345. The molecule has 0 aromatic rings. The SMILES string of the molecule is CCCCCCCCCCCCC(N)(N)CCCCCCCC(N)N. The van der Waals surface area contributed by atoms with Gasteiger partial charge in [-0.2, -0.15) is 0 Å². The first-order valence-electron chi connectivity index (χ1n) is 11.1. The molecule has 4 heteroatoms. The molecule has 0 bridgehead atoms. The fraction of sp³-hybridized carbons (Fsp3) is 1.00. The van der Waals surface area contributed by atoms with Gasteiger partial charge in [0.05, 0.1) is 11.8 Å². The first-order valence-corrected chi connectivity index (χ1v) is 11.1. The lowest BCUT2D eigenvalue weighted by Gasteiger charge is -2.24. The predicted octanol–water partition coefficient (Wildman–Crippen LogP) is 4.89. The van der Waals surface area contributed by atoms with Gasteiger partial charge in [0.2, 0.25) is 0 Å². The maximum atomic E-state index is 6.25. The first-order chi connectivity index (χ1) is 12.0. The van der Waals surface area contributed by atoms with E-state index in [1.54, 1.807) is 0 Å². The van der Waals surface area contributed by atoms with Crippen LogP contribution in [0, 0.1) is 0 Å². The molecule has 0 heterocycles. The lowest BCUT2D eigenvalue weighted by Crippen LogP contribution is -2.49. The molecule has 8 N–H and O–H groups in total. The van der Waals surface area contributed by atoms with Crippen molar-refractivity contribution in [3.63, 3.8) is 0 Å². The summed E-state index contributed by atoms with van der Waals surface area (Å²) in [5.41, 5.74) is 23.1. The van der Waals surface area contributed by atoms with Gasteiger partial charge in [-0.1, -0.05) is 103 Å². The molecule has 0 unspecified atom stereocenters. The topological polar surface area (TPSA) is 104 Å². The molecule has 152 valence electrons. The molecule has 0 aromatic carbocycles. The van der Waals surface area contributed by atoms with E-state index in [1.165, 1.54) is 83.5 Å². The highest BCUT2D eigenvalue weighted by Gasteiger charge is 2.17. The van der Waals surface area contributed by atoms with Crippen LogP contribution in [0.5, 0.6) is 0 Å². The predicted molar refractivity (Wildman–Crippen MR) is 112 cm³/mol. The van der Waals surface area contributed by atoms with Gasteiger partial charge in [-0.15, -0.1) is 0 Å². The minimum atomic E-state index is -0.459. The smallest absolute Gasteiger partial charge is 0.0636 e. The molecule has 0 amide bonds. The Balaban J connectivity index is 3.34. The molecule has 0 radical (unpaired) electrons. The second kappa shape index (κ2) is 17.3. The molecule has 0 rings (SSSR count). The van der Waals surface area contributed by atoms with E-state index in [4.69, 9.17) is 22.9 Å². The van der Waals surface area contributed by atoms with Crippen LogP contribution in [-0.2, 0) is 0 Å². The fourth-order valence-corrected chi connectivity index (χ4v) is 3.43. The van der Waals surface area contributed by atoms with Crippen LogP contribution < -0.4 is 22.9 Å². The average molecular weight is 357 g/mol. The van der Waals surface area contributed by atoms with Gasteiger partial charge in [-0.05, 0) is 19.3 Å². The Bertz CT molecular complexity index is 267. The van der Waals surface area contributed by atoms with E-state index >= 15 is 0 Å². The molecule has 0 aromatic heterocycles. The molecule has 0 atom stereocenters. The highest BCUT2D eigenvalue weighted by Crippen LogP contribution is 2.17. The summed E-state index contributed by atoms with van der Waals surface area (Å²) in [6.45, 7) is 2.27. The van der Waals surface area contributed by atoms with Crippen LogP contribution in [0.15, 0.2) is 0 Å². The highest BCUT2D eigenvalue weighted by molar-refractivity contribution is 4.76. The van der Waals surface area contributed by atoms with Crippen LogP contribution in [0.1, 0.15) is 122 Å². The zero-order valence-corrected chi connectivity index (χ0v) is 17.1. The molecule has 0 spiro atoms. The van der Waals surface area contributed by atoms with Crippen molar-refractivity contribution in [2.45, 2.75) is 134 Å². The number of hydrogen-bond acceptors (Lipinski definition) is 4. The quantitative estimate of drug-likeness (QED) is 0.195. The minimum Gasteiger partial charge on any atom is -0.316 e. The van der Waals surface area contributed by atoms with Gasteiger partial charge in [-0.25, -0.2) is 0 Å². The van der Waals surface area contributed by atoms with Crippen molar-refractivity contribution >= 4 is 0 Å². The Morgan fingerprint density at radius 3 is 1.32 bits per heavy atom. The third kappa shape index (κ3) is 20.0. The third-order valence-corrected chi connectivity index (χ3v) is 5.18. The molecule has 4 nitrogen and oxygen atoms in total. The molecule has 0 aliphatic heterocycles. The summed E-state index contributed by atoms with van der Waals surface area (Å²) in [5.74, 6) is 0. The molecule has 0 aliphatic rings. The molecule has 0 aliphatic carbocycles. The van der Waals surface area contributed by atoms with E-state index in [2.05, 4.69) is 6.92 Å². The van der Waals surface area contributed by atoms with Gasteiger partial charge in [0.15, 0.2) is 0 Å². The summed E-state index contributed by atoms with van der Waals surface area (Å²) in [6.07, 6.45) is 22.2. The normalized spacial score (nSPS) is 12.2. The summed E-state index contributed by atoms with van der Waals surface area (Å²) in [6, 6.07) is 0. The standard InChI is InChI=1S/C21H48N4/c1-2-3-4-5-6-7-8-9-12-15-18-21(24,25)19-16-13-10-11-14-17-20(22)23/h20H,2-19,22-25H2,1H3. The van der Waals surface area contributed by atoms with Crippen molar-refractivity contribution in [3.8, 4) is 0 Å². The Kier molecular flexibility index (Phi) is 17.2. The van der Waals surface area contributed by atoms with Crippen LogP contribution in [0.25, 0.3) is 0 Å². The zero-order valence-electron chi connectivity index (χ0n) is 17.1.